The lowest BCUT2D eigenvalue weighted by Crippen LogP contribution is -1.80. The van der Waals surface area contributed by atoms with Gasteiger partial charge in [-0.15, -0.1) is 0 Å². The van der Waals surface area contributed by atoms with Crippen molar-refractivity contribution < 1.29 is 9.21 Å². The standard InChI is InChI=1S/C5H4INO2/c1-3-7-2-4(9-3)5(6)8/h2H,1H3. The van der Waals surface area contributed by atoms with Gasteiger partial charge in [0, 0.05) is 29.5 Å². The maximum Gasteiger partial charge on any atom is 0.259 e. The van der Waals surface area contributed by atoms with E-state index in [-0.39, 0.29) is 3.79 Å². The van der Waals surface area contributed by atoms with Crippen LogP contribution in [0.15, 0.2) is 10.6 Å². The number of rotatable bonds is 1. The van der Waals surface area contributed by atoms with Crippen molar-refractivity contribution in [2.45, 2.75) is 6.92 Å². The minimum atomic E-state index is -0.117. The van der Waals surface area contributed by atoms with Crippen LogP contribution in [0.5, 0.6) is 0 Å². The molecule has 4 heteroatoms. The summed E-state index contributed by atoms with van der Waals surface area (Å²) in [7, 11) is 0. The number of aryl methyl sites for hydroxylation is 1. The first kappa shape index (κ1) is 6.73. The summed E-state index contributed by atoms with van der Waals surface area (Å²) in [6, 6.07) is 0. The molecule has 3 nitrogen and oxygen atoms in total. The molecule has 0 saturated heterocycles. The van der Waals surface area contributed by atoms with Crippen LogP contribution in [0.2, 0.25) is 0 Å². The van der Waals surface area contributed by atoms with E-state index in [1.165, 1.54) is 6.20 Å². The van der Waals surface area contributed by atoms with Gasteiger partial charge in [-0.25, -0.2) is 4.98 Å². The Kier molecular flexibility index (Phi) is 1.84. The van der Waals surface area contributed by atoms with E-state index >= 15 is 0 Å². The highest BCUT2D eigenvalue weighted by molar-refractivity contribution is 14.1. The molecule has 0 aromatic carbocycles. The maximum atomic E-state index is 10.5. The fraction of sp³-hybridized carbons (Fsp3) is 0.200. The van der Waals surface area contributed by atoms with Crippen LogP contribution >= 0.6 is 22.6 Å². The first-order valence-corrected chi connectivity index (χ1v) is 3.40. The summed E-state index contributed by atoms with van der Waals surface area (Å²) in [4.78, 5) is 14.3. The largest absolute Gasteiger partial charge is 0.437 e. The first-order chi connectivity index (χ1) is 4.20. The van der Waals surface area contributed by atoms with E-state index < -0.39 is 0 Å². The smallest absolute Gasteiger partial charge is 0.259 e. The molecule has 1 aromatic heterocycles. The number of carbonyl (C=O) groups excluding carboxylic acids is 1. The van der Waals surface area contributed by atoms with Gasteiger partial charge in [-0.05, 0) is 0 Å². The van der Waals surface area contributed by atoms with E-state index in [1.54, 1.807) is 29.5 Å². The Morgan fingerprint density at radius 3 is 2.78 bits per heavy atom. The molecule has 0 radical (unpaired) electrons. The number of carbonyl (C=O) groups is 1. The summed E-state index contributed by atoms with van der Waals surface area (Å²) < 4.78 is 4.76. The third-order valence-corrected chi connectivity index (χ3v) is 1.35. The van der Waals surface area contributed by atoms with E-state index in [1.807, 2.05) is 0 Å². The molecule has 0 fully saturated rings. The Balaban J connectivity index is 2.98. The summed E-state index contributed by atoms with van der Waals surface area (Å²) >= 11 is 1.65. The highest BCUT2D eigenvalue weighted by atomic mass is 127. The van der Waals surface area contributed by atoms with Gasteiger partial charge < -0.3 is 4.42 Å². The third-order valence-electron chi connectivity index (χ3n) is 0.815. The molecule has 0 atom stereocenters. The van der Waals surface area contributed by atoms with Crippen molar-refractivity contribution in [1.29, 1.82) is 0 Å². The molecule has 0 aliphatic heterocycles. The summed E-state index contributed by atoms with van der Waals surface area (Å²) in [6.07, 6.45) is 1.42. The minimum Gasteiger partial charge on any atom is -0.437 e. The molecule has 0 aliphatic carbocycles. The van der Waals surface area contributed by atoms with Gasteiger partial charge in [0.05, 0.1) is 6.20 Å². The maximum absolute atomic E-state index is 10.5. The average molecular weight is 237 g/mol. The number of aromatic nitrogens is 1. The fourth-order valence-electron chi connectivity index (χ4n) is 0.452. The van der Waals surface area contributed by atoms with E-state index in [0.717, 1.165) is 0 Å². The number of nitrogens with zero attached hydrogens (tertiary/aromatic N) is 1. The molecule has 0 spiro atoms. The highest BCUT2D eigenvalue weighted by Gasteiger charge is 2.04. The Morgan fingerprint density at radius 1 is 1.89 bits per heavy atom. The monoisotopic (exact) mass is 237 g/mol. The highest BCUT2D eigenvalue weighted by Crippen LogP contribution is 2.06. The van der Waals surface area contributed by atoms with E-state index in [2.05, 4.69) is 4.98 Å². The van der Waals surface area contributed by atoms with Crippen LogP contribution in [0, 0.1) is 6.92 Å². The Bertz CT molecular complexity index is 231. The lowest BCUT2D eigenvalue weighted by Gasteiger charge is -1.79. The van der Waals surface area contributed by atoms with Crippen LogP contribution in [0.1, 0.15) is 16.4 Å². The third kappa shape index (κ3) is 1.51. The summed E-state index contributed by atoms with van der Waals surface area (Å²) in [5.74, 6) is 0.836. The van der Waals surface area contributed by atoms with Crippen LogP contribution < -0.4 is 0 Å². The summed E-state index contributed by atoms with van der Waals surface area (Å²) in [5.41, 5.74) is 0. The average Bonchev–Trinajstić information content (AvgIpc) is 2.14. The van der Waals surface area contributed by atoms with Gasteiger partial charge in [-0.3, -0.25) is 4.79 Å². The first-order valence-electron chi connectivity index (χ1n) is 2.32. The van der Waals surface area contributed by atoms with Crippen molar-refractivity contribution in [3.8, 4) is 0 Å². The van der Waals surface area contributed by atoms with Gasteiger partial charge in [0.25, 0.3) is 3.79 Å². The van der Waals surface area contributed by atoms with Gasteiger partial charge in [-0.2, -0.15) is 0 Å². The van der Waals surface area contributed by atoms with Gasteiger partial charge in [0.2, 0.25) is 5.76 Å². The number of hydrogen-bond acceptors (Lipinski definition) is 3. The molecule has 0 bridgehead atoms. The second-order valence-electron chi connectivity index (χ2n) is 1.52. The lowest BCUT2D eigenvalue weighted by atomic mass is 10.6. The molecule has 0 unspecified atom stereocenters. The zero-order valence-corrected chi connectivity index (χ0v) is 6.88. The normalized spacial score (nSPS) is 9.56. The predicted octanol–water partition coefficient (Wildman–Crippen LogP) is 1.56. The molecule has 0 aliphatic rings. The zero-order chi connectivity index (χ0) is 6.85. The molecular formula is C5H4INO2. The topological polar surface area (TPSA) is 43.1 Å². The molecular weight excluding hydrogens is 233 g/mol. The second kappa shape index (κ2) is 2.47. The quantitative estimate of drug-likeness (QED) is 0.549. The number of oxazole rings is 1. The number of hydrogen-bond donors (Lipinski definition) is 0. The van der Waals surface area contributed by atoms with Crippen molar-refractivity contribution in [3.05, 3.63) is 17.8 Å². The summed E-state index contributed by atoms with van der Waals surface area (Å²) in [6.45, 7) is 1.70. The van der Waals surface area contributed by atoms with Gasteiger partial charge in [-0.1, -0.05) is 0 Å². The van der Waals surface area contributed by atoms with Crippen molar-refractivity contribution >= 4 is 26.4 Å². The van der Waals surface area contributed by atoms with Gasteiger partial charge in [0.15, 0.2) is 5.89 Å². The van der Waals surface area contributed by atoms with Crippen LogP contribution in [-0.2, 0) is 0 Å². The predicted molar refractivity (Wildman–Crippen MR) is 39.6 cm³/mol. The molecule has 0 N–H and O–H groups in total. The molecule has 48 valence electrons. The SMILES string of the molecule is Cc1ncc(C(=O)I)o1. The van der Waals surface area contributed by atoms with Crippen LogP contribution in [0.25, 0.3) is 0 Å². The van der Waals surface area contributed by atoms with Gasteiger partial charge >= 0.3 is 0 Å². The minimum absolute atomic E-state index is 0.117. The Morgan fingerprint density at radius 2 is 2.56 bits per heavy atom. The van der Waals surface area contributed by atoms with Crippen LogP contribution in [-0.4, -0.2) is 8.77 Å². The lowest BCUT2D eigenvalue weighted by molar-refractivity contribution is 0.108. The van der Waals surface area contributed by atoms with E-state index in [0.29, 0.717) is 11.7 Å². The second-order valence-corrected chi connectivity index (χ2v) is 2.50. The van der Waals surface area contributed by atoms with Crippen molar-refractivity contribution in [3.63, 3.8) is 0 Å². The Labute approximate surface area is 65.6 Å². The van der Waals surface area contributed by atoms with Gasteiger partial charge in [0.1, 0.15) is 0 Å². The van der Waals surface area contributed by atoms with E-state index in [4.69, 9.17) is 4.42 Å². The molecule has 1 heterocycles. The van der Waals surface area contributed by atoms with Crippen LogP contribution in [0.4, 0.5) is 0 Å². The fourth-order valence-corrected chi connectivity index (χ4v) is 0.702. The molecule has 0 amide bonds. The van der Waals surface area contributed by atoms with E-state index in [9.17, 15) is 4.79 Å². The molecule has 1 rings (SSSR count). The van der Waals surface area contributed by atoms with Crippen molar-refractivity contribution in [2.75, 3.05) is 0 Å². The van der Waals surface area contributed by atoms with Crippen molar-refractivity contribution in [1.82, 2.24) is 4.98 Å². The zero-order valence-electron chi connectivity index (χ0n) is 4.72. The van der Waals surface area contributed by atoms with Crippen LogP contribution in [0.3, 0.4) is 0 Å². The molecule has 9 heavy (non-hydrogen) atoms. The molecule has 0 saturated carbocycles. The van der Waals surface area contributed by atoms with Crippen molar-refractivity contribution in [2.24, 2.45) is 0 Å². The molecule has 1 aromatic rings. The Hall–Kier alpha value is -0.390. The summed E-state index contributed by atoms with van der Waals surface area (Å²) in [5, 5.41) is 0. The number of halogens is 1.